The fourth-order valence-corrected chi connectivity index (χ4v) is 3.08. The molecule has 1 unspecified atom stereocenters. The number of rotatable bonds is 6. The number of nitrogens with zero attached hydrogens (tertiary/aromatic N) is 2. The zero-order chi connectivity index (χ0) is 18.7. The van der Waals surface area contributed by atoms with Gasteiger partial charge in [-0.25, -0.2) is 0 Å². The van der Waals surface area contributed by atoms with Crippen LogP contribution in [0.2, 0.25) is 0 Å². The summed E-state index contributed by atoms with van der Waals surface area (Å²) in [6, 6.07) is 19.6. The Balaban J connectivity index is 1.74. The maximum atomic E-state index is 12.6. The van der Waals surface area contributed by atoms with E-state index in [0.29, 0.717) is 17.4 Å². The number of Topliss-reactive ketones (excluding diaryl/α,β-unsaturated/α-hetero) is 1. The Morgan fingerprint density at radius 1 is 1.15 bits per heavy atom. The molecule has 26 heavy (non-hydrogen) atoms. The third-order valence-corrected chi connectivity index (χ3v) is 4.66. The van der Waals surface area contributed by atoms with Crippen molar-refractivity contribution in [1.82, 2.24) is 4.57 Å². The van der Waals surface area contributed by atoms with Gasteiger partial charge in [0.05, 0.1) is 6.07 Å². The molecule has 1 heterocycles. The molecule has 0 bridgehead atoms. The normalized spacial score (nSPS) is 12.1. The number of hydrogen-bond acceptors (Lipinski definition) is 3. The number of carbonyl (C=O) groups excluding carboxylic acids is 1. The van der Waals surface area contributed by atoms with Crippen LogP contribution in [0.3, 0.4) is 0 Å². The lowest BCUT2D eigenvalue weighted by Gasteiger charge is -2.12. The fourth-order valence-electron chi connectivity index (χ4n) is 3.08. The first-order valence-corrected chi connectivity index (χ1v) is 8.70. The molecular formula is C22H22N2O2. The second kappa shape index (κ2) is 7.45. The molecule has 0 saturated heterocycles. The van der Waals surface area contributed by atoms with E-state index in [4.69, 9.17) is 4.74 Å². The average Bonchev–Trinajstić information content (AvgIpc) is 2.98. The first-order valence-electron chi connectivity index (χ1n) is 8.70. The van der Waals surface area contributed by atoms with Gasteiger partial charge in [-0.1, -0.05) is 44.2 Å². The molecular weight excluding hydrogens is 324 g/mol. The summed E-state index contributed by atoms with van der Waals surface area (Å²) in [4.78, 5) is 12.6. The van der Waals surface area contributed by atoms with E-state index < -0.39 is 5.92 Å². The van der Waals surface area contributed by atoms with E-state index in [0.717, 1.165) is 10.9 Å². The summed E-state index contributed by atoms with van der Waals surface area (Å²) in [6.07, 6.45) is 0. The number of nitriles is 1. The monoisotopic (exact) mass is 346 g/mol. The molecule has 2 aromatic carbocycles. The van der Waals surface area contributed by atoms with Gasteiger partial charge in [0.25, 0.3) is 0 Å². The topological polar surface area (TPSA) is 55.0 Å². The van der Waals surface area contributed by atoms with Crippen molar-refractivity contribution >= 4 is 16.7 Å². The minimum atomic E-state index is -0.845. The minimum absolute atomic E-state index is 0.124. The highest BCUT2D eigenvalue weighted by Crippen LogP contribution is 2.25. The van der Waals surface area contributed by atoms with Crippen LogP contribution in [0.25, 0.3) is 10.9 Å². The van der Waals surface area contributed by atoms with E-state index >= 15 is 0 Å². The lowest BCUT2D eigenvalue weighted by Crippen LogP contribution is -2.20. The largest absolute Gasteiger partial charge is 0.486 e. The van der Waals surface area contributed by atoms with E-state index in [-0.39, 0.29) is 12.4 Å². The molecule has 0 saturated carbocycles. The number of aryl methyl sites for hydroxylation is 1. The first kappa shape index (κ1) is 17.8. The Hall–Kier alpha value is -3.06. The molecule has 0 spiro atoms. The Kier molecular flexibility index (Phi) is 5.09. The van der Waals surface area contributed by atoms with E-state index in [1.54, 1.807) is 0 Å². The van der Waals surface area contributed by atoms with Crippen LogP contribution in [0, 0.1) is 11.3 Å². The van der Waals surface area contributed by atoms with Gasteiger partial charge in [0, 0.05) is 18.3 Å². The van der Waals surface area contributed by atoms with Crippen molar-refractivity contribution < 1.29 is 9.53 Å². The van der Waals surface area contributed by atoms with Crippen LogP contribution in [0.15, 0.2) is 54.6 Å². The molecule has 4 nitrogen and oxygen atoms in total. The summed E-state index contributed by atoms with van der Waals surface area (Å²) in [5, 5.41) is 10.6. The van der Waals surface area contributed by atoms with Gasteiger partial charge in [-0.15, -0.1) is 0 Å². The van der Waals surface area contributed by atoms with Crippen LogP contribution >= 0.6 is 0 Å². The van der Waals surface area contributed by atoms with Gasteiger partial charge in [0.2, 0.25) is 0 Å². The van der Waals surface area contributed by atoms with E-state index in [1.807, 2.05) is 66.2 Å². The standard InChI is InChI=1S/C22H22N2O2/c1-15(2)16-8-10-18(11-9-16)26-14-22(25)19(13-23)21-12-17-6-4-5-7-20(17)24(21)3/h4-12,15,19H,14H2,1-3H3. The van der Waals surface area contributed by atoms with Gasteiger partial charge in [0.1, 0.15) is 18.3 Å². The number of para-hydroxylation sites is 1. The number of ketones is 1. The van der Waals surface area contributed by atoms with Crippen molar-refractivity contribution in [3.05, 3.63) is 65.9 Å². The SMILES string of the molecule is CC(C)c1ccc(OCC(=O)C(C#N)c2cc3ccccc3n2C)cc1. The van der Waals surface area contributed by atoms with Crippen LogP contribution in [0.4, 0.5) is 0 Å². The molecule has 0 aliphatic heterocycles. The predicted octanol–water partition coefficient (Wildman–Crippen LogP) is 4.56. The van der Waals surface area contributed by atoms with E-state index in [9.17, 15) is 10.1 Å². The molecule has 0 aliphatic rings. The molecule has 0 N–H and O–H groups in total. The highest BCUT2D eigenvalue weighted by molar-refractivity contribution is 5.91. The van der Waals surface area contributed by atoms with Gasteiger partial charge >= 0.3 is 0 Å². The quantitative estimate of drug-likeness (QED) is 0.657. The summed E-state index contributed by atoms with van der Waals surface area (Å²) in [5.74, 6) is -0.00899. The second-order valence-electron chi connectivity index (χ2n) is 6.73. The van der Waals surface area contributed by atoms with Crippen LogP contribution in [-0.2, 0) is 11.8 Å². The Morgan fingerprint density at radius 3 is 2.46 bits per heavy atom. The van der Waals surface area contributed by atoms with Gasteiger partial charge < -0.3 is 9.30 Å². The molecule has 0 amide bonds. The summed E-state index contributed by atoms with van der Waals surface area (Å²) in [7, 11) is 1.88. The Labute approximate surface area is 153 Å². The van der Waals surface area contributed by atoms with Crippen LogP contribution in [0.1, 0.15) is 36.9 Å². The maximum Gasteiger partial charge on any atom is 0.193 e. The summed E-state index contributed by atoms with van der Waals surface area (Å²) in [5.41, 5.74) is 2.91. The van der Waals surface area contributed by atoms with E-state index in [2.05, 4.69) is 19.9 Å². The predicted molar refractivity (Wildman–Crippen MR) is 102 cm³/mol. The van der Waals surface area contributed by atoms with Gasteiger partial charge in [0.15, 0.2) is 5.78 Å². The second-order valence-corrected chi connectivity index (χ2v) is 6.73. The maximum absolute atomic E-state index is 12.6. The van der Waals surface area contributed by atoms with Crippen LogP contribution in [0.5, 0.6) is 5.75 Å². The fraction of sp³-hybridized carbons (Fsp3) is 0.273. The molecule has 132 valence electrons. The number of ether oxygens (including phenoxy) is 1. The van der Waals surface area contributed by atoms with Crippen molar-refractivity contribution in [3.8, 4) is 11.8 Å². The van der Waals surface area contributed by atoms with Gasteiger partial charge in [-0.2, -0.15) is 5.26 Å². The lowest BCUT2D eigenvalue weighted by molar-refractivity contribution is -0.121. The molecule has 3 aromatic rings. The number of benzene rings is 2. The van der Waals surface area contributed by atoms with Gasteiger partial charge in [-0.05, 0) is 41.1 Å². The molecule has 1 aromatic heterocycles. The van der Waals surface area contributed by atoms with Crippen molar-refractivity contribution in [3.63, 3.8) is 0 Å². The highest BCUT2D eigenvalue weighted by Gasteiger charge is 2.24. The molecule has 1 atom stereocenters. The first-order chi connectivity index (χ1) is 12.5. The zero-order valence-corrected chi connectivity index (χ0v) is 15.3. The highest BCUT2D eigenvalue weighted by atomic mass is 16.5. The zero-order valence-electron chi connectivity index (χ0n) is 15.3. The van der Waals surface area contributed by atoms with Crippen molar-refractivity contribution in [2.75, 3.05) is 6.61 Å². The molecule has 0 aliphatic carbocycles. The Morgan fingerprint density at radius 2 is 1.85 bits per heavy atom. The summed E-state index contributed by atoms with van der Waals surface area (Å²) in [6.45, 7) is 4.13. The molecule has 0 fully saturated rings. The number of aromatic nitrogens is 1. The van der Waals surface area contributed by atoms with Crippen molar-refractivity contribution in [2.45, 2.75) is 25.7 Å². The van der Waals surface area contributed by atoms with Crippen molar-refractivity contribution in [1.29, 1.82) is 5.26 Å². The van der Waals surface area contributed by atoms with Crippen LogP contribution < -0.4 is 4.74 Å². The lowest BCUT2D eigenvalue weighted by atomic mass is 10.0. The number of hydrogen-bond donors (Lipinski definition) is 0. The van der Waals surface area contributed by atoms with Crippen LogP contribution in [-0.4, -0.2) is 17.0 Å². The van der Waals surface area contributed by atoms with E-state index in [1.165, 1.54) is 5.56 Å². The van der Waals surface area contributed by atoms with Gasteiger partial charge in [-0.3, -0.25) is 4.79 Å². The number of carbonyl (C=O) groups is 1. The molecule has 4 heteroatoms. The summed E-state index contributed by atoms with van der Waals surface area (Å²) < 4.78 is 7.51. The minimum Gasteiger partial charge on any atom is -0.486 e. The third-order valence-electron chi connectivity index (χ3n) is 4.66. The third kappa shape index (κ3) is 3.48. The number of fused-ring (bicyclic) bond motifs is 1. The average molecular weight is 346 g/mol. The summed E-state index contributed by atoms with van der Waals surface area (Å²) >= 11 is 0. The molecule has 3 rings (SSSR count). The van der Waals surface area contributed by atoms with Crippen molar-refractivity contribution in [2.24, 2.45) is 7.05 Å². The smallest absolute Gasteiger partial charge is 0.193 e. The molecule has 0 radical (unpaired) electrons. The Bertz CT molecular complexity index is 962.